The highest BCUT2D eigenvalue weighted by Gasteiger charge is 2.16. The Hall–Kier alpha value is -3.18. The highest BCUT2D eigenvalue weighted by atomic mass is 32.2. The number of carbonyl (C=O) groups excluding carboxylic acids is 1. The van der Waals surface area contributed by atoms with Gasteiger partial charge >= 0.3 is 0 Å². The van der Waals surface area contributed by atoms with Crippen LogP contribution >= 0.6 is 11.8 Å². The van der Waals surface area contributed by atoms with Crippen LogP contribution < -0.4 is 5.32 Å². The summed E-state index contributed by atoms with van der Waals surface area (Å²) in [7, 11) is 0. The van der Waals surface area contributed by atoms with E-state index in [-0.39, 0.29) is 17.8 Å². The summed E-state index contributed by atoms with van der Waals surface area (Å²) in [6.07, 6.45) is 0. The van der Waals surface area contributed by atoms with E-state index in [0.29, 0.717) is 10.6 Å². The second-order valence-electron chi connectivity index (χ2n) is 6.69. The van der Waals surface area contributed by atoms with Crippen LogP contribution in [0.2, 0.25) is 0 Å². The van der Waals surface area contributed by atoms with Crippen molar-refractivity contribution < 1.29 is 9.18 Å². The van der Waals surface area contributed by atoms with Crippen molar-refractivity contribution >= 4 is 28.6 Å². The summed E-state index contributed by atoms with van der Waals surface area (Å²) in [6.45, 7) is 1.96. The van der Waals surface area contributed by atoms with Gasteiger partial charge in [0.25, 0.3) is 5.91 Å². The quantitative estimate of drug-likeness (QED) is 0.444. The first-order chi connectivity index (χ1) is 14.1. The second-order valence-corrected chi connectivity index (χ2v) is 7.78. The summed E-state index contributed by atoms with van der Waals surface area (Å²) >= 11 is 1.40. The van der Waals surface area contributed by atoms with Crippen LogP contribution in [0.1, 0.15) is 28.9 Å². The molecule has 0 aliphatic rings. The molecule has 0 fully saturated rings. The highest BCUT2D eigenvalue weighted by molar-refractivity contribution is 7.99. The van der Waals surface area contributed by atoms with Crippen molar-refractivity contribution in [3.05, 3.63) is 102 Å². The number of halogens is 1. The number of fused-ring (bicyclic) bond motifs is 1. The van der Waals surface area contributed by atoms with Gasteiger partial charge in [0.1, 0.15) is 10.8 Å². The molecule has 1 atom stereocenters. The Morgan fingerprint density at radius 2 is 1.66 bits per heavy atom. The molecule has 144 valence electrons. The number of hydrogen-bond acceptors (Lipinski definition) is 3. The number of nitrogens with one attached hydrogen (secondary N) is 1. The van der Waals surface area contributed by atoms with Crippen LogP contribution in [0.3, 0.4) is 0 Å². The van der Waals surface area contributed by atoms with Gasteiger partial charge < -0.3 is 5.32 Å². The first-order valence-corrected chi connectivity index (χ1v) is 10.1. The van der Waals surface area contributed by atoms with Crippen LogP contribution in [-0.4, -0.2) is 10.9 Å². The minimum absolute atomic E-state index is 0.121. The molecule has 1 aromatic heterocycles. The molecule has 0 saturated heterocycles. The van der Waals surface area contributed by atoms with Gasteiger partial charge in [-0.3, -0.25) is 4.79 Å². The van der Waals surface area contributed by atoms with Gasteiger partial charge in [0.2, 0.25) is 0 Å². The normalized spacial score (nSPS) is 11.9. The maximum Gasteiger partial charge on any atom is 0.252 e. The van der Waals surface area contributed by atoms with Crippen molar-refractivity contribution in [2.75, 3.05) is 0 Å². The molecule has 1 N–H and O–H groups in total. The first-order valence-electron chi connectivity index (χ1n) is 9.29. The molecule has 0 aliphatic carbocycles. The largest absolute Gasteiger partial charge is 0.345 e. The number of aromatic nitrogens is 1. The molecule has 0 bridgehead atoms. The zero-order chi connectivity index (χ0) is 20.2. The van der Waals surface area contributed by atoms with E-state index in [1.54, 1.807) is 18.2 Å². The predicted octanol–water partition coefficient (Wildman–Crippen LogP) is 6.02. The molecular weight excluding hydrogens is 383 g/mol. The van der Waals surface area contributed by atoms with Crippen LogP contribution in [0.4, 0.5) is 4.39 Å². The maximum absolute atomic E-state index is 13.2. The van der Waals surface area contributed by atoms with Gasteiger partial charge in [-0.05, 0) is 48.9 Å². The maximum atomic E-state index is 13.2. The first kappa shape index (κ1) is 19.2. The molecule has 5 heteroatoms. The van der Waals surface area contributed by atoms with E-state index in [1.165, 1.54) is 23.9 Å². The lowest BCUT2D eigenvalue weighted by molar-refractivity contribution is 0.0941. The lowest BCUT2D eigenvalue weighted by Crippen LogP contribution is -2.27. The number of benzene rings is 3. The van der Waals surface area contributed by atoms with Crippen molar-refractivity contribution in [1.82, 2.24) is 10.3 Å². The van der Waals surface area contributed by atoms with Crippen molar-refractivity contribution in [3.63, 3.8) is 0 Å². The highest BCUT2D eigenvalue weighted by Crippen LogP contribution is 2.30. The minimum Gasteiger partial charge on any atom is -0.345 e. The van der Waals surface area contributed by atoms with Gasteiger partial charge in [0.05, 0.1) is 17.1 Å². The molecule has 0 spiro atoms. The van der Waals surface area contributed by atoms with E-state index < -0.39 is 0 Å². The molecule has 3 nitrogen and oxygen atoms in total. The number of amides is 1. The Labute approximate surface area is 173 Å². The number of nitrogens with zero attached hydrogens (tertiary/aromatic N) is 1. The third-order valence-corrected chi connectivity index (χ3v) is 5.55. The monoisotopic (exact) mass is 402 g/mol. The van der Waals surface area contributed by atoms with Crippen molar-refractivity contribution in [1.29, 1.82) is 0 Å². The number of hydrogen-bond donors (Lipinski definition) is 1. The van der Waals surface area contributed by atoms with Crippen LogP contribution in [-0.2, 0) is 0 Å². The van der Waals surface area contributed by atoms with Gasteiger partial charge in [-0.25, -0.2) is 9.37 Å². The Morgan fingerprint density at radius 1 is 0.966 bits per heavy atom. The van der Waals surface area contributed by atoms with Crippen molar-refractivity contribution in [2.24, 2.45) is 0 Å². The number of para-hydroxylation sites is 1. The fourth-order valence-electron chi connectivity index (χ4n) is 3.11. The van der Waals surface area contributed by atoms with Gasteiger partial charge in [-0.15, -0.1) is 0 Å². The minimum atomic E-state index is -0.282. The van der Waals surface area contributed by atoms with Crippen LogP contribution in [0.5, 0.6) is 0 Å². The lowest BCUT2D eigenvalue weighted by Gasteiger charge is -2.16. The molecule has 4 rings (SSSR count). The van der Waals surface area contributed by atoms with E-state index in [2.05, 4.69) is 10.3 Å². The Morgan fingerprint density at radius 3 is 2.41 bits per heavy atom. The van der Waals surface area contributed by atoms with E-state index in [0.717, 1.165) is 21.4 Å². The Bertz CT molecular complexity index is 1150. The molecule has 0 saturated carbocycles. The average molecular weight is 402 g/mol. The zero-order valence-electron chi connectivity index (χ0n) is 15.8. The predicted molar refractivity (Wildman–Crippen MR) is 115 cm³/mol. The van der Waals surface area contributed by atoms with Crippen LogP contribution in [0.15, 0.2) is 94.9 Å². The number of rotatable bonds is 5. The summed E-state index contributed by atoms with van der Waals surface area (Å²) < 4.78 is 13.2. The van der Waals surface area contributed by atoms with E-state index in [9.17, 15) is 9.18 Å². The summed E-state index contributed by atoms with van der Waals surface area (Å²) in [4.78, 5) is 18.6. The summed E-state index contributed by atoms with van der Waals surface area (Å²) in [6, 6.07) is 25.3. The molecule has 3 aromatic carbocycles. The van der Waals surface area contributed by atoms with Crippen molar-refractivity contribution in [3.8, 4) is 0 Å². The molecule has 1 amide bonds. The van der Waals surface area contributed by atoms with Gasteiger partial charge in [0, 0.05) is 10.3 Å². The summed E-state index contributed by atoms with van der Waals surface area (Å²) in [5.74, 6) is -0.434. The standard InChI is InChI=1S/C24H19FN2OS/c1-16(17-7-3-2-4-8-17)26-24(28)21-15-23(27-22-10-6-5-9-20(21)22)29-19-13-11-18(25)12-14-19/h2-16H,1H3,(H,26,28). The summed E-state index contributed by atoms with van der Waals surface area (Å²) in [5.41, 5.74) is 2.36. The average Bonchev–Trinajstić information content (AvgIpc) is 2.75. The van der Waals surface area contributed by atoms with Crippen molar-refractivity contribution in [2.45, 2.75) is 22.9 Å². The van der Waals surface area contributed by atoms with Crippen LogP contribution in [0.25, 0.3) is 10.9 Å². The SMILES string of the molecule is CC(NC(=O)c1cc(Sc2ccc(F)cc2)nc2ccccc12)c1ccccc1. The van der Waals surface area contributed by atoms with Gasteiger partial charge in [0.15, 0.2) is 0 Å². The van der Waals surface area contributed by atoms with E-state index >= 15 is 0 Å². The third-order valence-electron chi connectivity index (χ3n) is 4.62. The summed E-state index contributed by atoms with van der Waals surface area (Å²) in [5, 5.41) is 4.57. The van der Waals surface area contributed by atoms with E-state index in [1.807, 2.05) is 61.5 Å². The second kappa shape index (κ2) is 8.45. The Balaban J connectivity index is 1.66. The fourth-order valence-corrected chi connectivity index (χ4v) is 3.95. The molecular formula is C24H19FN2OS. The lowest BCUT2D eigenvalue weighted by atomic mass is 10.1. The van der Waals surface area contributed by atoms with Crippen LogP contribution in [0, 0.1) is 5.82 Å². The Kier molecular flexibility index (Phi) is 5.58. The van der Waals surface area contributed by atoms with Gasteiger partial charge in [-0.2, -0.15) is 0 Å². The smallest absolute Gasteiger partial charge is 0.252 e. The molecule has 0 aliphatic heterocycles. The molecule has 1 heterocycles. The number of pyridine rings is 1. The van der Waals surface area contributed by atoms with E-state index in [4.69, 9.17) is 0 Å². The van der Waals surface area contributed by atoms with Gasteiger partial charge in [-0.1, -0.05) is 60.3 Å². The molecule has 4 aromatic rings. The fraction of sp³-hybridized carbons (Fsp3) is 0.0833. The topological polar surface area (TPSA) is 42.0 Å². The molecule has 0 radical (unpaired) electrons. The number of carbonyl (C=O) groups is 1. The molecule has 1 unspecified atom stereocenters. The zero-order valence-corrected chi connectivity index (χ0v) is 16.6. The third kappa shape index (κ3) is 4.46. The molecule has 29 heavy (non-hydrogen) atoms.